The van der Waals surface area contributed by atoms with E-state index in [-0.39, 0.29) is 0 Å². The predicted molar refractivity (Wildman–Crippen MR) is 79.9 cm³/mol. The second-order valence-corrected chi connectivity index (χ2v) is 6.21. The van der Waals surface area contributed by atoms with Crippen LogP contribution >= 0.6 is 10.9 Å². The standard InChI is InChI=1S/C16H14OS/c17-16(18-10-3-4-11-18)12-14-8-5-7-13-6-1-2-9-15(13)14/h1-11,18H,12H2. The third kappa shape index (κ3) is 2.12. The Morgan fingerprint density at radius 3 is 2.50 bits per heavy atom. The Hall–Kier alpha value is -1.80. The first-order valence-electron chi connectivity index (χ1n) is 5.97. The third-order valence-electron chi connectivity index (χ3n) is 3.11. The molecule has 0 radical (unpaired) electrons. The highest BCUT2D eigenvalue weighted by molar-refractivity contribution is 8.34. The van der Waals surface area contributed by atoms with Gasteiger partial charge in [0.2, 0.25) is 0 Å². The molecule has 0 spiro atoms. The number of thiol groups is 1. The van der Waals surface area contributed by atoms with Crippen LogP contribution in [0.5, 0.6) is 0 Å². The van der Waals surface area contributed by atoms with E-state index >= 15 is 0 Å². The monoisotopic (exact) mass is 254 g/mol. The van der Waals surface area contributed by atoms with Gasteiger partial charge in [-0.05, 0) is 27.2 Å². The highest BCUT2D eigenvalue weighted by Gasteiger charge is 2.12. The van der Waals surface area contributed by atoms with Crippen LogP contribution in [0, 0.1) is 0 Å². The summed E-state index contributed by atoms with van der Waals surface area (Å²) < 4.78 is 0. The van der Waals surface area contributed by atoms with E-state index in [9.17, 15) is 4.79 Å². The molecule has 1 aliphatic rings. The SMILES string of the molecule is O=C(Cc1cccc2ccccc12)[SH]1C=CC=C1. The zero-order valence-electron chi connectivity index (χ0n) is 9.91. The molecule has 0 aliphatic carbocycles. The predicted octanol–water partition coefficient (Wildman–Crippen LogP) is 3.95. The summed E-state index contributed by atoms with van der Waals surface area (Å²) in [7, 11) is -0.685. The minimum Gasteiger partial charge on any atom is -0.288 e. The number of carbonyl (C=O) groups is 1. The maximum Gasteiger partial charge on any atom is 0.180 e. The number of allylic oxidation sites excluding steroid dienone is 2. The van der Waals surface area contributed by atoms with Crippen LogP contribution in [0.3, 0.4) is 0 Å². The van der Waals surface area contributed by atoms with Crippen LogP contribution in [-0.2, 0) is 11.2 Å². The molecule has 18 heavy (non-hydrogen) atoms. The molecule has 0 N–H and O–H groups in total. The molecule has 0 aromatic heterocycles. The maximum atomic E-state index is 12.2. The van der Waals surface area contributed by atoms with Crippen molar-refractivity contribution in [3.63, 3.8) is 0 Å². The van der Waals surface area contributed by atoms with Crippen LogP contribution in [0.25, 0.3) is 10.8 Å². The lowest BCUT2D eigenvalue weighted by atomic mass is 10.0. The van der Waals surface area contributed by atoms with E-state index in [4.69, 9.17) is 0 Å². The normalized spacial score (nSPS) is 15.4. The topological polar surface area (TPSA) is 17.1 Å². The van der Waals surface area contributed by atoms with Gasteiger partial charge in [0.05, 0.1) is 0 Å². The van der Waals surface area contributed by atoms with Gasteiger partial charge in [-0.1, -0.05) is 54.6 Å². The van der Waals surface area contributed by atoms with Gasteiger partial charge in [-0.15, -0.1) is 0 Å². The highest BCUT2D eigenvalue weighted by atomic mass is 32.2. The van der Waals surface area contributed by atoms with Crippen molar-refractivity contribution in [3.05, 3.63) is 71.0 Å². The lowest BCUT2D eigenvalue weighted by Gasteiger charge is -2.10. The first-order valence-corrected chi connectivity index (χ1v) is 7.45. The first kappa shape index (κ1) is 11.3. The summed E-state index contributed by atoms with van der Waals surface area (Å²) in [6, 6.07) is 14.4. The largest absolute Gasteiger partial charge is 0.288 e. The van der Waals surface area contributed by atoms with Gasteiger partial charge >= 0.3 is 0 Å². The zero-order chi connectivity index (χ0) is 12.4. The Kier molecular flexibility index (Phi) is 3.03. The Labute approximate surface area is 109 Å². The third-order valence-corrected chi connectivity index (χ3v) is 4.83. The number of carbonyl (C=O) groups excluding carboxylic acids is 1. The number of hydrogen-bond donors (Lipinski definition) is 1. The first-order chi connectivity index (χ1) is 8.84. The van der Waals surface area contributed by atoms with Gasteiger partial charge in [0, 0.05) is 6.42 Å². The highest BCUT2D eigenvalue weighted by Crippen LogP contribution is 2.35. The average molecular weight is 254 g/mol. The number of fused-ring (bicyclic) bond motifs is 1. The summed E-state index contributed by atoms with van der Waals surface area (Å²) in [4.78, 5) is 12.2. The van der Waals surface area contributed by atoms with Crippen molar-refractivity contribution in [3.8, 4) is 0 Å². The van der Waals surface area contributed by atoms with E-state index in [2.05, 4.69) is 24.3 Å². The molecule has 0 saturated carbocycles. The van der Waals surface area contributed by atoms with Crippen LogP contribution in [0.15, 0.2) is 65.4 Å². The molecule has 0 atom stereocenters. The lowest BCUT2D eigenvalue weighted by molar-refractivity contribution is -0.110. The number of hydrogen-bond acceptors (Lipinski definition) is 1. The fourth-order valence-corrected chi connectivity index (χ4v) is 3.56. The maximum absolute atomic E-state index is 12.2. The Balaban J connectivity index is 1.93. The molecule has 0 bridgehead atoms. The molecule has 0 saturated heterocycles. The number of rotatable bonds is 2. The fourth-order valence-electron chi connectivity index (χ4n) is 2.20. The van der Waals surface area contributed by atoms with Gasteiger partial charge in [0.15, 0.2) is 5.12 Å². The van der Waals surface area contributed by atoms with Crippen molar-refractivity contribution in [2.75, 3.05) is 0 Å². The second kappa shape index (κ2) is 4.83. The molecule has 2 heteroatoms. The molecule has 0 fully saturated rings. The Morgan fingerprint density at radius 1 is 0.944 bits per heavy atom. The van der Waals surface area contributed by atoms with Crippen molar-refractivity contribution in [2.45, 2.75) is 6.42 Å². The quantitative estimate of drug-likeness (QED) is 0.803. The smallest absolute Gasteiger partial charge is 0.180 e. The Morgan fingerprint density at radius 2 is 1.67 bits per heavy atom. The van der Waals surface area contributed by atoms with Crippen LogP contribution in [0.4, 0.5) is 0 Å². The molecular weight excluding hydrogens is 240 g/mol. The summed E-state index contributed by atoms with van der Waals surface area (Å²) >= 11 is 0. The van der Waals surface area contributed by atoms with Crippen LogP contribution in [-0.4, -0.2) is 5.12 Å². The molecule has 2 aromatic rings. The van der Waals surface area contributed by atoms with Crippen LogP contribution in [0.2, 0.25) is 0 Å². The molecule has 1 nitrogen and oxygen atoms in total. The van der Waals surface area contributed by atoms with Crippen LogP contribution < -0.4 is 0 Å². The minimum absolute atomic E-state index is 0.325. The van der Waals surface area contributed by atoms with E-state index in [1.165, 1.54) is 10.8 Å². The van der Waals surface area contributed by atoms with Crippen molar-refractivity contribution in [2.24, 2.45) is 0 Å². The minimum atomic E-state index is -0.685. The van der Waals surface area contributed by atoms with Crippen LogP contribution in [0.1, 0.15) is 5.56 Å². The van der Waals surface area contributed by atoms with E-state index < -0.39 is 10.9 Å². The molecular formula is C16H14OS. The molecule has 90 valence electrons. The van der Waals surface area contributed by atoms with Gasteiger partial charge in [0.25, 0.3) is 0 Å². The van der Waals surface area contributed by atoms with E-state index in [0.29, 0.717) is 11.5 Å². The average Bonchev–Trinajstić information content (AvgIpc) is 2.93. The van der Waals surface area contributed by atoms with Gasteiger partial charge in [-0.2, -0.15) is 10.9 Å². The second-order valence-electron chi connectivity index (χ2n) is 4.30. The molecule has 1 heterocycles. The van der Waals surface area contributed by atoms with E-state index in [1.54, 1.807) is 0 Å². The van der Waals surface area contributed by atoms with E-state index in [0.717, 1.165) is 5.56 Å². The van der Waals surface area contributed by atoms with Crippen molar-refractivity contribution < 1.29 is 4.79 Å². The van der Waals surface area contributed by atoms with Crippen molar-refractivity contribution >= 4 is 26.8 Å². The Bertz CT molecular complexity index is 638. The summed E-state index contributed by atoms with van der Waals surface area (Å²) in [6.07, 6.45) is 4.46. The summed E-state index contributed by atoms with van der Waals surface area (Å²) in [6.45, 7) is 0. The molecule has 1 aliphatic heterocycles. The van der Waals surface area contributed by atoms with Gasteiger partial charge in [-0.3, -0.25) is 4.79 Å². The van der Waals surface area contributed by atoms with Crippen molar-refractivity contribution in [1.82, 2.24) is 0 Å². The molecule has 0 amide bonds. The van der Waals surface area contributed by atoms with Gasteiger partial charge in [-0.25, -0.2) is 0 Å². The van der Waals surface area contributed by atoms with E-state index in [1.807, 2.05) is 41.2 Å². The molecule has 0 unspecified atom stereocenters. The zero-order valence-corrected chi connectivity index (χ0v) is 10.8. The number of benzene rings is 2. The van der Waals surface area contributed by atoms with Crippen molar-refractivity contribution in [1.29, 1.82) is 0 Å². The molecule has 3 rings (SSSR count). The summed E-state index contributed by atoms with van der Waals surface area (Å²) in [5.74, 6) is 0. The van der Waals surface area contributed by atoms with Gasteiger partial charge in [0.1, 0.15) is 0 Å². The molecule has 2 aromatic carbocycles. The van der Waals surface area contributed by atoms with Gasteiger partial charge < -0.3 is 0 Å². The summed E-state index contributed by atoms with van der Waals surface area (Å²) in [5, 5.41) is 6.75. The summed E-state index contributed by atoms with van der Waals surface area (Å²) in [5.41, 5.74) is 1.13. The fraction of sp³-hybridized carbons (Fsp3) is 0.0625. The lowest BCUT2D eigenvalue weighted by Crippen LogP contribution is -2.00.